The van der Waals surface area contributed by atoms with Gasteiger partial charge in [-0.2, -0.15) is 5.10 Å². The van der Waals surface area contributed by atoms with Crippen LogP contribution in [0.4, 0.5) is 8.78 Å². The Bertz CT molecular complexity index is 1650. The number of carbonyl (C=O) groups is 4. The molecule has 1 aliphatic carbocycles. The van der Waals surface area contributed by atoms with E-state index >= 15 is 0 Å². The molecule has 280 valence electrons. The summed E-state index contributed by atoms with van der Waals surface area (Å²) in [6, 6.07) is 17.4. The molecule has 52 heavy (non-hydrogen) atoms. The lowest BCUT2D eigenvalue weighted by Gasteiger charge is -2.36. The summed E-state index contributed by atoms with van der Waals surface area (Å²) in [5.41, 5.74) is 3.15. The number of aromatic nitrogens is 2. The molecule has 2 atom stereocenters. The van der Waals surface area contributed by atoms with Gasteiger partial charge in [0.15, 0.2) is 0 Å². The molecule has 3 N–H and O–H groups in total. The number of amides is 4. The van der Waals surface area contributed by atoms with Crippen LogP contribution in [-0.2, 0) is 33.9 Å². The number of nitrogens with one attached hydrogen (secondary N) is 3. The highest BCUT2D eigenvalue weighted by atomic mass is 19.3. The fourth-order valence-electron chi connectivity index (χ4n) is 6.93. The standard InChI is InChI=1S/C39H51F2N7O4/c1-4-34(49)44-32(38(52)47-22-20-46(21-23-47)26-30-8-6-5-7-9-30)24-28-10-12-29(13-11-28)25-42-37(51)35(31-14-17-39(40,41)18-15-31)45-36(50)33-16-19-43-48(33)27(2)3/h5-13,16,19,27,31-32,35H,4,14-15,17-18,20-26H2,1-3H3,(H,42,51)(H,44,49)(H,45,50)/t32-,35+/m1/s1. The van der Waals surface area contributed by atoms with Crippen molar-refractivity contribution in [3.8, 4) is 0 Å². The van der Waals surface area contributed by atoms with Crippen LogP contribution in [0, 0.1) is 5.92 Å². The molecule has 0 radical (unpaired) electrons. The summed E-state index contributed by atoms with van der Waals surface area (Å²) in [7, 11) is 0. The van der Waals surface area contributed by atoms with E-state index in [1.807, 2.05) is 61.2 Å². The molecule has 13 heteroatoms. The molecule has 3 aromatic rings. The van der Waals surface area contributed by atoms with Gasteiger partial charge in [0.05, 0.1) is 0 Å². The van der Waals surface area contributed by atoms with Crippen LogP contribution in [-0.4, -0.2) is 87.4 Å². The van der Waals surface area contributed by atoms with Gasteiger partial charge in [-0.25, -0.2) is 8.78 Å². The second-order valence-corrected chi connectivity index (χ2v) is 14.2. The van der Waals surface area contributed by atoms with E-state index in [0.29, 0.717) is 25.2 Å². The fraction of sp³-hybridized carbons (Fsp3) is 0.513. The van der Waals surface area contributed by atoms with Crippen molar-refractivity contribution >= 4 is 23.6 Å². The maximum absolute atomic E-state index is 14.0. The van der Waals surface area contributed by atoms with Crippen LogP contribution in [0.2, 0.25) is 0 Å². The Kier molecular flexibility index (Phi) is 13.1. The Hall–Kier alpha value is -4.65. The third-order valence-electron chi connectivity index (χ3n) is 10.0. The first-order chi connectivity index (χ1) is 24.9. The average Bonchev–Trinajstić information content (AvgIpc) is 3.65. The van der Waals surface area contributed by atoms with Crippen LogP contribution in [0.1, 0.15) is 86.1 Å². The highest BCUT2D eigenvalue weighted by Gasteiger charge is 2.40. The molecule has 2 aliphatic rings. The van der Waals surface area contributed by atoms with Crippen molar-refractivity contribution in [2.45, 2.75) is 96.4 Å². The van der Waals surface area contributed by atoms with Crippen LogP contribution >= 0.6 is 0 Å². The number of halogens is 2. The highest BCUT2D eigenvalue weighted by molar-refractivity contribution is 5.96. The third kappa shape index (κ3) is 10.5. The van der Waals surface area contributed by atoms with E-state index in [1.54, 1.807) is 17.7 Å². The molecule has 0 unspecified atom stereocenters. The maximum Gasteiger partial charge on any atom is 0.270 e. The third-order valence-corrected chi connectivity index (χ3v) is 10.0. The quantitative estimate of drug-likeness (QED) is 0.226. The van der Waals surface area contributed by atoms with E-state index in [1.165, 1.54) is 11.8 Å². The molecule has 2 fully saturated rings. The predicted molar refractivity (Wildman–Crippen MR) is 193 cm³/mol. The zero-order valence-corrected chi connectivity index (χ0v) is 30.3. The molecule has 0 spiro atoms. The lowest BCUT2D eigenvalue weighted by Crippen LogP contribution is -2.55. The number of alkyl halides is 2. The van der Waals surface area contributed by atoms with Gasteiger partial charge in [0.1, 0.15) is 17.8 Å². The summed E-state index contributed by atoms with van der Waals surface area (Å²) in [4.78, 5) is 57.1. The second kappa shape index (κ2) is 17.7. The maximum atomic E-state index is 14.0. The molecule has 5 rings (SSSR count). The first-order valence-corrected chi connectivity index (χ1v) is 18.3. The molecule has 4 amide bonds. The largest absolute Gasteiger partial charge is 0.350 e. The van der Waals surface area contributed by atoms with Gasteiger partial charge in [-0.15, -0.1) is 0 Å². The van der Waals surface area contributed by atoms with Crippen molar-refractivity contribution < 1.29 is 28.0 Å². The minimum absolute atomic E-state index is 0.0865. The van der Waals surface area contributed by atoms with Crippen molar-refractivity contribution in [1.29, 1.82) is 0 Å². The minimum Gasteiger partial charge on any atom is -0.350 e. The van der Waals surface area contributed by atoms with Crippen LogP contribution in [0.3, 0.4) is 0 Å². The summed E-state index contributed by atoms with van der Waals surface area (Å²) in [6.45, 7) is 9.15. The van der Waals surface area contributed by atoms with Gasteiger partial charge in [0, 0.05) is 77.2 Å². The summed E-state index contributed by atoms with van der Waals surface area (Å²) in [5, 5.41) is 12.8. The van der Waals surface area contributed by atoms with E-state index in [2.05, 4.69) is 38.1 Å². The Labute approximate surface area is 304 Å². The van der Waals surface area contributed by atoms with Crippen molar-refractivity contribution in [3.63, 3.8) is 0 Å². The molecule has 1 aliphatic heterocycles. The Morgan fingerprint density at radius 2 is 1.52 bits per heavy atom. The molecule has 1 saturated heterocycles. The molecule has 1 aromatic heterocycles. The van der Waals surface area contributed by atoms with E-state index in [4.69, 9.17) is 0 Å². The number of hydrogen-bond acceptors (Lipinski definition) is 6. The minimum atomic E-state index is -2.78. The molecule has 1 saturated carbocycles. The van der Waals surface area contributed by atoms with Gasteiger partial charge < -0.3 is 20.9 Å². The van der Waals surface area contributed by atoms with Gasteiger partial charge in [-0.1, -0.05) is 61.5 Å². The lowest BCUT2D eigenvalue weighted by atomic mass is 9.81. The van der Waals surface area contributed by atoms with Crippen LogP contribution < -0.4 is 16.0 Å². The topological polar surface area (TPSA) is 129 Å². The van der Waals surface area contributed by atoms with Crippen molar-refractivity contribution in [3.05, 3.63) is 89.2 Å². The average molecular weight is 720 g/mol. The monoisotopic (exact) mass is 719 g/mol. The fourth-order valence-corrected chi connectivity index (χ4v) is 6.93. The molecular formula is C39H51F2N7O4. The smallest absolute Gasteiger partial charge is 0.270 e. The van der Waals surface area contributed by atoms with E-state index in [-0.39, 0.29) is 56.5 Å². The Morgan fingerprint density at radius 1 is 0.865 bits per heavy atom. The zero-order chi connectivity index (χ0) is 37.3. The highest BCUT2D eigenvalue weighted by Crippen LogP contribution is 2.37. The van der Waals surface area contributed by atoms with Gasteiger partial charge in [0.2, 0.25) is 23.6 Å². The number of piperazine rings is 1. The summed E-state index contributed by atoms with van der Waals surface area (Å²) < 4.78 is 29.6. The van der Waals surface area contributed by atoms with E-state index < -0.39 is 35.7 Å². The molecular weight excluding hydrogens is 668 g/mol. The molecule has 2 heterocycles. The molecule has 0 bridgehead atoms. The number of carbonyl (C=O) groups excluding carboxylic acids is 4. The van der Waals surface area contributed by atoms with E-state index in [9.17, 15) is 28.0 Å². The van der Waals surface area contributed by atoms with E-state index in [0.717, 1.165) is 30.8 Å². The number of rotatable bonds is 14. The molecule has 2 aromatic carbocycles. The SMILES string of the molecule is CCC(=O)N[C@H](Cc1ccc(CNC(=O)[C@@H](NC(=O)c2ccnn2C(C)C)C2CCC(F)(F)CC2)cc1)C(=O)N1CCN(Cc2ccccc2)CC1. The normalized spacial score (nSPS) is 17.7. The number of benzene rings is 2. The predicted octanol–water partition coefficient (Wildman–Crippen LogP) is 4.49. The summed E-state index contributed by atoms with van der Waals surface area (Å²) >= 11 is 0. The van der Waals surface area contributed by atoms with Crippen molar-refractivity contribution in [2.24, 2.45) is 5.92 Å². The van der Waals surface area contributed by atoms with Gasteiger partial charge >= 0.3 is 0 Å². The summed E-state index contributed by atoms with van der Waals surface area (Å²) in [6.07, 6.45) is 1.64. The van der Waals surface area contributed by atoms with Crippen molar-refractivity contribution in [1.82, 2.24) is 35.5 Å². The summed E-state index contributed by atoms with van der Waals surface area (Å²) in [5.74, 6) is -4.46. The van der Waals surface area contributed by atoms with Crippen LogP contribution in [0.25, 0.3) is 0 Å². The van der Waals surface area contributed by atoms with Gasteiger partial charge in [0.25, 0.3) is 5.91 Å². The lowest BCUT2D eigenvalue weighted by molar-refractivity contribution is -0.138. The number of nitrogens with zero attached hydrogens (tertiary/aromatic N) is 4. The first-order valence-electron chi connectivity index (χ1n) is 18.3. The van der Waals surface area contributed by atoms with Crippen molar-refractivity contribution in [2.75, 3.05) is 26.2 Å². The van der Waals surface area contributed by atoms with Crippen LogP contribution in [0.5, 0.6) is 0 Å². The first kappa shape index (κ1) is 38.6. The van der Waals surface area contributed by atoms with Gasteiger partial charge in [-0.3, -0.25) is 28.8 Å². The van der Waals surface area contributed by atoms with Crippen LogP contribution in [0.15, 0.2) is 66.9 Å². The molecule has 11 nitrogen and oxygen atoms in total. The Balaban J connectivity index is 1.19. The second-order valence-electron chi connectivity index (χ2n) is 14.2. The Morgan fingerprint density at radius 3 is 2.15 bits per heavy atom. The zero-order valence-electron chi connectivity index (χ0n) is 30.3. The number of hydrogen-bond donors (Lipinski definition) is 3. The van der Waals surface area contributed by atoms with Gasteiger partial charge in [-0.05, 0) is 55.4 Å².